The van der Waals surface area contributed by atoms with Gasteiger partial charge in [-0.05, 0) is 24.6 Å². The largest absolute Gasteiger partial charge is 0.491 e. The number of ether oxygens (including phenoxy) is 1. The van der Waals surface area contributed by atoms with E-state index in [1.165, 1.54) is 12.1 Å². The molecule has 2 amide bonds. The van der Waals surface area contributed by atoms with Crippen molar-refractivity contribution < 1.29 is 18.7 Å². The third-order valence-electron chi connectivity index (χ3n) is 3.41. The Kier molecular flexibility index (Phi) is 5.01. The van der Waals surface area contributed by atoms with E-state index in [2.05, 4.69) is 0 Å². The van der Waals surface area contributed by atoms with Crippen molar-refractivity contribution >= 4 is 23.4 Å². The lowest BCUT2D eigenvalue weighted by atomic mass is 10.1. The quantitative estimate of drug-likeness (QED) is 0.897. The number of nitrogens with two attached hydrogens (primary N) is 1. The highest BCUT2D eigenvalue weighted by Gasteiger charge is 2.29. The molecule has 0 unspecified atom stereocenters. The van der Waals surface area contributed by atoms with Crippen molar-refractivity contribution in [2.75, 3.05) is 19.7 Å². The molecule has 1 heterocycles. The van der Waals surface area contributed by atoms with Crippen molar-refractivity contribution in [1.29, 1.82) is 0 Å². The summed E-state index contributed by atoms with van der Waals surface area (Å²) in [5.74, 6) is -0.849. The molecule has 1 aromatic rings. The molecule has 0 saturated carbocycles. The number of hydrogen-bond donors (Lipinski definition) is 1. The van der Waals surface area contributed by atoms with Crippen LogP contribution in [0.25, 0.3) is 0 Å². The maximum Gasteiger partial charge on any atom is 0.226 e. The number of hydrogen-bond acceptors (Lipinski definition) is 3. The summed E-state index contributed by atoms with van der Waals surface area (Å²) in [5, 5.41) is 0.164. The number of amides is 2. The number of carbonyl (C=O) groups is 2. The number of benzene rings is 1. The van der Waals surface area contributed by atoms with E-state index in [0.717, 1.165) is 6.07 Å². The molecule has 2 N–H and O–H groups in total. The van der Waals surface area contributed by atoms with E-state index in [0.29, 0.717) is 25.3 Å². The molecule has 1 fully saturated rings. The summed E-state index contributed by atoms with van der Waals surface area (Å²) in [5.41, 5.74) is 5.22. The molecule has 0 bridgehead atoms. The molecule has 0 aliphatic carbocycles. The van der Waals surface area contributed by atoms with Gasteiger partial charge in [0.1, 0.15) is 11.6 Å². The summed E-state index contributed by atoms with van der Waals surface area (Å²) >= 11 is 5.81. The van der Waals surface area contributed by atoms with E-state index in [-0.39, 0.29) is 35.8 Å². The van der Waals surface area contributed by atoms with Gasteiger partial charge in [0.05, 0.1) is 24.0 Å². The molecule has 0 radical (unpaired) electrons. The Morgan fingerprint density at radius 3 is 2.86 bits per heavy atom. The van der Waals surface area contributed by atoms with Crippen LogP contribution in [0, 0.1) is 11.7 Å². The maximum atomic E-state index is 12.9. The van der Waals surface area contributed by atoms with Crippen molar-refractivity contribution in [2.24, 2.45) is 11.7 Å². The summed E-state index contributed by atoms with van der Waals surface area (Å²) in [6.45, 7) is 1.04. The molecule has 1 aliphatic heterocycles. The lowest BCUT2D eigenvalue weighted by molar-refractivity contribution is -0.131. The van der Waals surface area contributed by atoms with Crippen LogP contribution >= 0.6 is 11.6 Å². The highest BCUT2D eigenvalue weighted by molar-refractivity contribution is 6.32. The average molecular weight is 315 g/mol. The minimum Gasteiger partial charge on any atom is -0.491 e. The van der Waals surface area contributed by atoms with Crippen molar-refractivity contribution in [3.05, 3.63) is 29.0 Å². The smallest absolute Gasteiger partial charge is 0.226 e. The topological polar surface area (TPSA) is 72.6 Å². The van der Waals surface area contributed by atoms with Crippen LogP contribution in [0.3, 0.4) is 0 Å². The molecule has 21 heavy (non-hydrogen) atoms. The second-order valence-corrected chi connectivity index (χ2v) is 5.31. The zero-order chi connectivity index (χ0) is 15.4. The first-order valence-electron chi connectivity index (χ1n) is 6.62. The summed E-state index contributed by atoms with van der Waals surface area (Å²) in [6, 6.07) is 3.80. The second kappa shape index (κ2) is 6.76. The standard InChI is InChI=1S/C14H16ClFN2O3/c15-11-7-10(16)1-2-12(11)21-6-4-13(19)18-5-3-9(8-18)14(17)20/h1-2,7,9H,3-6,8H2,(H2,17,20)/t9-/m1/s1. The number of rotatable bonds is 5. The maximum absolute atomic E-state index is 12.9. The molecule has 114 valence electrons. The Balaban J connectivity index is 1.78. The number of halogens is 2. The predicted molar refractivity (Wildman–Crippen MR) is 75.4 cm³/mol. The third-order valence-corrected chi connectivity index (χ3v) is 3.71. The molecule has 1 aliphatic rings. The first kappa shape index (κ1) is 15.6. The molecule has 1 saturated heterocycles. The Labute approximate surface area is 126 Å². The highest BCUT2D eigenvalue weighted by atomic mass is 35.5. The summed E-state index contributed by atoms with van der Waals surface area (Å²) in [4.78, 5) is 24.6. The Morgan fingerprint density at radius 1 is 1.48 bits per heavy atom. The van der Waals surface area contributed by atoms with Gasteiger partial charge in [-0.2, -0.15) is 0 Å². The first-order chi connectivity index (χ1) is 9.97. The van der Waals surface area contributed by atoms with E-state index < -0.39 is 5.82 Å². The monoisotopic (exact) mass is 314 g/mol. The van der Waals surface area contributed by atoms with Crippen LogP contribution in [0.2, 0.25) is 5.02 Å². The number of likely N-dealkylation sites (tertiary alicyclic amines) is 1. The van der Waals surface area contributed by atoms with E-state index >= 15 is 0 Å². The minimum absolute atomic E-state index is 0.100. The van der Waals surface area contributed by atoms with Crippen LogP contribution in [0.1, 0.15) is 12.8 Å². The van der Waals surface area contributed by atoms with Gasteiger partial charge in [0.15, 0.2) is 0 Å². The number of carbonyl (C=O) groups excluding carboxylic acids is 2. The van der Waals surface area contributed by atoms with Crippen LogP contribution in [-0.2, 0) is 9.59 Å². The van der Waals surface area contributed by atoms with Gasteiger partial charge in [-0.1, -0.05) is 11.6 Å². The molecular formula is C14H16ClFN2O3. The first-order valence-corrected chi connectivity index (χ1v) is 7.00. The van der Waals surface area contributed by atoms with E-state index in [4.69, 9.17) is 22.1 Å². The van der Waals surface area contributed by atoms with Crippen molar-refractivity contribution in [3.63, 3.8) is 0 Å². The summed E-state index contributed by atoms with van der Waals surface area (Å²) in [6.07, 6.45) is 0.769. The minimum atomic E-state index is -0.446. The van der Waals surface area contributed by atoms with Gasteiger partial charge in [0.25, 0.3) is 0 Å². The third kappa shape index (κ3) is 4.07. The molecule has 5 nitrogen and oxygen atoms in total. The summed E-state index contributed by atoms with van der Waals surface area (Å²) < 4.78 is 18.2. The van der Waals surface area contributed by atoms with E-state index in [1.807, 2.05) is 0 Å². The van der Waals surface area contributed by atoms with Crippen LogP contribution in [0.5, 0.6) is 5.75 Å². The fraction of sp³-hybridized carbons (Fsp3) is 0.429. The van der Waals surface area contributed by atoms with Gasteiger partial charge < -0.3 is 15.4 Å². The van der Waals surface area contributed by atoms with Crippen LogP contribution in [0.15, 0.2) is 18.2 Å². The van der Waals surface area contributed by atoms with E-state index in [9.17, 15) is 14.0 Å². The van der Waals surface area contributed by atoms with Crippen LogP contribution in [0.4, 0.5) is 4.39 Å². The van der Waals surface area contributed by atoms with Gasteiger partial charge in [-0.15, -0.1) is 0 Å². The van der Waals surface area contributed by atoms with Gasteiger partial charge in [0.2, 0.25) is 11.8 Å². The van der Waals surface area contributed by atoms with Crippen molar-refractivity contribution in [3.8, 4) is 5.75 Å². The molecule has 7 heteroatoms. The Hall–Kier alpha value is -1.82. The molecule has 0 aromatic heterocycles. The lowest BCUT2D eigenvalue weighted by Crippen LogP contribution is -2.32. The van der Waals surface area contributed by atoms with Gasteiger partial charge in [0, 0.05) is 13.1 Å². The van der Waals surface area contributed by atoms with Gasteiger partial charge >= 0.3 is 0 Å². The zero-order valence-electron chi connectivity index (χ0n) is 11.4. The summed E-state index contributed by atoms with van der Waals surface area (Å²) in [7, 11) is 0. The van der Waals surface area contributed by atoms with E-state index in [1.54, 1.807) is 4.90 Å². The highest BCUT2D eigenvalue weighted by Crippen LogP contribution is 2.25. The molecule has 0 spiro atoms. The van der Waals surface area contributed by atoms with Crippen LogP contribution < -0.4 is 10.5 Å². The number of primary amides is 1. The van der Waals surface area contributed by atoms with Crippen molar-refractivity contribution in [2.45, 2.75) is 12.8 Å². The normalized spacial score (nSPS) is 17.8. The van der Waals surface area contributed by atoms with Crippen molar-refractivity contribution in [1.82, 2.24) is 4.90 Å². The van der Waals surface area contributed by atoms with Crippen LogP contribution in [-0.4, -0.2) is 36.4 Å². The Bertz CT molecular complexity index is 553. The lowest BCUT2D eigenvalue weighted by Gasteiger charge is -2.16. The molecule has 2 rings (SSSR count). The molecule has 1 atom stereocenters. The molecule has 1 aromatic carbocycles. The van der Waals surface area contributed by atoms with Gasteiger partial charge in [-0.25, -0.2) is 4.39 Å². The fourth-order valence-electron chi connectivity index (χ4n) is 2.22. The van der Waals surface area contributed by atoms with Gasteiger partial charge in [-0.3, -0.25) is 9.59 Å². The zero-order valence-corrected chi connectivity index (χ0v) is 12.1. The second-order valence-electron chi connectivity index (χ2n) is 4.90. The SMILES string of the molecule is NC(=O)[C@@H]1CCN(C(=O)CCOc2ccc(F)cc2Cl)C1. The fourth-order valence-corrected chi connectivity index (χ4v) is 2.44. The predicted octanol–water partition coefficient (Wildman–Crippen LogP) is 1.58. The average Bonchev–Trinajstić information content (AvgIpc) is 2.91. The number of nitrogens with zero attached hydrogens (tertiary/aromatic N) is 1. The molecular weight excluding hydrogens is 299 g/mol. The Morgan fingerprint density at radius 2 is 2.24 bits per heavy atom.